The molecule has 0 aliphatic rings. The van der Waals surface area contributed by atoms with Gasteiger partial charge in [-0.3, -0.25) is 0 Å². The molecule has 0 aliphatic heterocycles. The molecule has 2 heterocycles. The fourth-order valence-electron chi connectivity index (χ4n) is 1.57. The van der Waals surface area contributed by atoms with Crippen LogP contribution in [0.1, 0.15) is 25.6 Å². The molecule has 0 radical (unpaired) electrons. The van der Waals surface area contributed by atoms with E-state index < -0.39 is 28.4 Å². The first-order chi connectivity index (χ1) is 9.32. The molecule has 0 N–H and O–H groups in total. The van der Waals surface area contributed by atoms with Crippen molar-refractivity contribution in [3.63, 3.8) is 0 Å². The zero-order valence-corrected chi connectivity index (χ0v) is 11.6. The maximum absolute atomic E-state index is 13.5. The molecular formula is C11H10F4N4S. The van der Waals surface area contributed by atoms with E-state index in [9.17, 15) is 17.6 Å². The summed E-state index contributed by atoms with van der Waals surface area (Å²) in [7, 11) is 1.60. The Bertz CT molecular complexity index is 630. The van der Waals surface area contributed by atoms with E-state index in [0.29, 0.717) is 17.6 Å². The van der Waals surface area contributed by atoms with Gasteiger partial charge in [-0.15, -0.1) is 10.2 Å². The summed E-state index contributed by atoms with van der Waals surface area (Å²) < 4.78 is 54.5. The number of rotatable bonds is 3. The van der Waals surface area contributed by atoms with Gasteiger partial charge >= 0.3 is 0 Å². The second kappa shape index (κ2) is 5.39. The largest absolute Gasteiger partial charge is 0.309 e. The number of aromatic nitrogens is 4. The summed E-state index contributed by atoms with van der Waals surface area (Å²) in [6, 6.07) is 0. The number of pyridine rings is 1. The molecule has 2 aromatic rings. The molecule has 0 saturated heterocycles. The maximum atomic E-state index is 13.5. The van der Waals surface area contributed by atoms with E-state index in [1.165, 1.54) is 4.57 Å². The lowest BCUT2D eigenvalue weighted by molar-refractivity contribution is 0.383. The van der Waals surface area contributed by atoms with Gasteiger partial charge in [-0.1, -0.05) is 13.8 Å². The van der Waals surface area contributed by atoms with E-state index in [1.54, 1.807) is 7.05 Å². The molecule has 0 aliphatic carbocycles. The Balaban J connectivity index is 2.45. The molecule has 4 nitrogen and oxygen atoms in total. The quantitative estimate of drug-likeness (QED) is 0.646. The molecule has 0 atom stereocenters. The van der Waals surface area contributed by atoms with Crippen LogP contribution in [0.3, 0.4) is 0 Å². The smallest absolute Gasteiger partial charge is 0.252 e. The van der Waals surface area contributed by atoms with Gasteiger partial charge in [0.05, 0.1) is 4.90 Å². The average Bonchev–Trinajstić information content (AvgIpc) is 2.74. The Morgan fingerprint density at radius 3 is 2.00 bits per heavy atom. The molecule has 9 heteroatoms. The fourth-order valence-corrected chi connectivity index (χ4v) is 2.41. The van der Waals surface area contributed by atoms with Gasteiger partial charge in [0.1, 0.15) is 5.82 Å². The summed E-state index contributed by atoms with van der Waals surface area (Å²) in [4.78, 5) is 1.66. The van der Waals surface area contributed by atoms with Crippen LogP contribution in [0.15, 0.2) is 10.1 Å². The molecule has 2 aromatic heterocycles. The van der Waals surface area contributed by atoms with Crippen LogP contribution >= 0.6 is 11.8 Å². The molecular weight excluding hydrogens is 296 g/mol. The molecule has 0 fully saturated rings. The van der Waals surface area contributed by atoms with Crippen LogP contribution in [-0.2, 0) is 7.05 Å². The van der Waals surface area contributed by atoms with Crippen molar-refractivity contribution in [2.75, 3.05) is 0 Å². The first kappa shape index (κ1) is 14.8. The minimum Gasteiger partial charge on any atom is -0.309 e. The van der Waals surface area contributed by atoms with Gasteiger partial charge in [0.15, 0.2) is 16.8 Å². The van der Waals surface area contributed by atoms with Crippen LogP contribution < -0.4 is 0 Å². The van der Waals surface area contributed by atoms with Gasteiger partial charge in [-0.05, 0) is 11.8 Å². The van der Waals surface area contributed by atoms with Gasteiger partial charge in [0.25, 0.3) is 11.9 Å². The third-order valence-corrected chi connectivity index (χ3v) is 3.64. The van der Waals surface area contributed by atoms with Crippen molar-refractivity contribution in [3.05, 3.63) is 29.4 Å². The van der Waals surface area contributed by atoms with Crippen molar-refractivity contribution in [2.24, 2.45) is 7.05 Å². The van der Waals surface area contributed by atoms with Crippen molar-refractivity contribution in [3.8, 4) is 0 Å². The van der Waals surface area contributed by atoms with Crippen LogP contribution in [-0.4, -0.2) is 19.7 Å². The van der Waals surface area contributed by atoms with Crippen molar-refractivity contribution in [1.29, 1.82) is 0 Å². The minimum atomic E-state index is -1.70. The third kappa shape index (κ3) is 2.49. The monoisotopic (exact) mass is 306 g/mol. The third-order valence-electron chi connectivity index (χ3n) is 2.54. The highest BCUT2D eigenvalue weighted by atomic mass is 32.2. The summed E-state index contributed by atoms with van der Waals surface area (Å²) in [5.41, 5.74) is 0. The molecule has 2 rings (SSSR count). The van der Waals surface area contributed by atoms with E-state index in [-0.39, 0.29) is 11.1 Å². The summed E-state index contributed by atoms with van der Waals surface area (Å²) >= 11 is 0.453. The number of hydrogen-bond acceptors (Lipinski definition) is 4. The van der Waals surface area contributed by atoms with E-state index in [1.807, 2.05) is 13.8 Å². The zero-order valence-electron chi connectivity index (χ0n) is 10.8. The van der Waals surface area contributed by atoms with Crippen molar-refractivity contribution in [1.82, 2.24) is 19.7 Å². The number of hydrogen-bond donors (Lipinski definition) is 0. The topological polar surface area (TPSA) is 43.6 Å². The highest BCUT2D eigenvalue weighted by Crippen LogP contribution is 2.33. The predicted octanol–water partition coefficient (Wildman–Crippen LogP) is 3.04. The Morgan fingerprint density at radius 1 is 1.00 bits per heavy atom. The van der Waals surface area contributed by atoms with Crippen LogP contribution in [0.5, 0.6) is 0 Å². The standard InChI is InChI=1S/C11H10F4N4S/c1-4(2)10-17-18-11(19(10)3)20-7-5(12)8(14)16-9(15)6(7)13/h4H,1-3H3. The average molecular weight is 306 g/mol. The highest BCUT2D eigenvalue weighted by Gasteiger charge is 2.24. The number of nitrogens with zero attached hydrogens (tertiary/aromatic N) is 4. The normalized spacial score (nSPS) is 11.4. The Labute approximate surface area is 116 Å². The Morgan fingerprint density at radius 2 is 1.55 bits per heavy atom. The van der Waals surface area contributed by atoms with E-state index in [4.69, 9.17) is 0 Å². The molecule has 0 amide bonds. The van der Waals surface area contributed by atoms with Gasteiger partial charge in [-0.2, -0.15) is 13.8 Å². The molecule has 0 saturated carbocycles. The molecule has 0 spiro atoms. The Kier molecular flexibility index (Phi) is 3.98. The molecule has 108 valence electrons. The molecule has 0 aromatic carbocycles. The first-order valence-corrected chi connectivity index (χ1v) is 6.41. The summed E-state index contributed by atoms with van der Waals surface area (Å²) in [5.74, 6) is -5.87. The number of halogens is 4. The zero-order chi connectivity index (χ0) is 15.0. The van der Waals surface area contributed by atoms with Gasteiger partial charge < -0.3 is 4.57 Å². The predicted molar refractivity (Wildman–Crippen MR) is 63.3 cm³/mol. The van der Waals surface area contributed by atoms with Crippen molar-refractivity contribution >= 4 is 11.8 Å². The van der Waals surface area contributed by atoms with Gasteiger partial charge in [-0.25, -0.2) is 8.78 Å². The fraction of sp³-hybridized carbons (Fsp3) is 0.364. The second-order valence-electron chi connectivity index (χ2n) is 4.31. The van der Waals surface area contributed by atoms with Gasteiger partial charge in [0.2, 0.25) is 0 Å². The lowest BCUT2D eigenvalue weighted by Gasteiger charge is -2.07. The summed E-state index contributed by atoms with van der Waals surface area (Å²) in [5, 5.41) is 7.73. The van der Waals surface area contributed by atoms with Crippen LogP contribution in [0, 0.1) is 23.5 Å². The lowest BCUT2D eigenvalue weighted by Crippen LogP contribution is -2.04. The van der Waals surface area contributed by atoms with Crippen molar-refractivity contribution in [2.45, 2.75) is 29.8 Å². The van der Waals surface area contributed by atoms with Crippen LogP contribution in [0.4, 0.5) is 17.6 Å². The highest BCUT2D eigenvalue weighted by molar-refractivity contribution is 7.99. The van der Waals surface area contributed by atoms with E-state index in [2.05, 4.69) is 15.2 Å². The van der Waals surface area contributed by atoms with Crippen LogP contribution in [0.25, 0.3) is 0 Å². The molecule has 0 bridgehead atoms. The molecule has 20 heavy (non-hydrogen) atoms. The summed E-state index contributed by atoms with van der Waals surface area (Å²) in [6.45, 7) is 3.73. The van der Waals surface area contributed by atoms with E-state index >= 15 is 0 Å². The maximum Gasteiger partial charge on any atom is 0.252 e. The van der Waals surface area contributed by atoms with E-state index in [0.717, 1.165) is 0 Å². The van der Waals surface area contributed by atoms with Gasteiger partial charge in [0, 0.05) is 13.0 Å². The first-order valence-electron chi connectivity index (χ1n) is 5.60. The minimum absolute atomic E-state index is 0.0439. The van der Waals surface area contributed by atoms with Crippen LogP contribution in [0.2, 0.25) is 0 Å². The molecule has 0 unspecified atom stereocenters. The second-order valence-corrected chi connectivity index (χ2v) is 5.28. The van der Waals surface area contributed by atoms with Crippen molar-refractivity contribution < 1.29 is 17.6 Å². The SMILES string of the molecule is CC(C)c1nnc(Sc2c(F)c(F)nc(F)c2F)n1C. The summed E-state index contributed by atoms with van der Waals surface area (Å²) in [6.07, 6.45) is 0. The lowest BCUT2D eigenvalue weighted by atomic mass is 10.2. The Hall–Kier alpha value is -1.64.